The Hall–Kier alpha value is -0.830. The van der Waals surface area contributed by atoms with Crippen LogP contribution in [0.3, 0.4) is 0 Å². The minimum Gasteiger partial charge on any atom is -0.281 e. The van der Waals surface area contributed by atoms with E-state index in [1.54, 1.807) is 11.8 Å². The van der Waals surface area contributed by atoms with Crippen molar-refractivity contribution in [2.75, 3.05) is 0 Å². The van der Waals surface area contributed by atoms with E-state index in [0.717, 1.165) is 11.6 Å². The van der Waals surface area contributed by atoms with Gasteiger partial charge >= 0.3 is 0 Å². The molecule has 2 nitrogen and oxygen atoms in total. The first-order valence-electron chi connectivity index (χ1n) is 3.05. The quantitative estimate of drug-likeness (QED) is 0.562. The lowest BCUT2D eigenvalue weighted by molar-refractivity contribution is 0.963. The van der Waals surface area contributed by atoms with Gasteiger partial charge in [0.15, 0.2) is 0 Å². The average molecular weight is 150 g/mol. The Kier molecular flexibility index (Phi) is 1.43. The van der Waals surface area contributed by atoms with Crippen LogP contribution in [-0.2, 0) is 6.54 Å². The van der Waals surface area contributed by atoms with Gasteiger partial charge in [0, 0.05) is 11.8 Å². The number of pyridine rings is 1. The number of aromatic nitrogens is 1. The van der Waals surface area contributed by atoms with Crippen LogP contribution in [-0.4, -0.2) is 10.5 Å². The highest BCUT2D eigenvalue weighted by molar-refractivity contribution is 8.12. The summed E-state index contributed by atoms with van der Waals surface area (Å²) in [7, 11) is 0. The summed E-state index contributed by atoms with van der Waals surface area (Å²) in [6, 6.07) is 4.01. The van der Waals surface area contributed by atoms with Crippen molar-refractivity contribution in [1.82, 2.24) is 4.98 Å². The first kappa shape index (κ1) is 5.92. The predicted octanol–water partition coefficient (Wildman–Crippen LogP) is 1.72. The molecule has 0 saturated carbocycles. The molecule has 1 aromatic heterocycles. The van der Waals surface area contributed by atoms with Gasteiger partial charge in [-0.25, -0.2) is 4.98 Å². The van der Waals surface area contributed by atoms with Crippen molar-refractivity contribution in [2.24, 2.45) is 4.99 Å². The van der Waals surface area contributed by atoms with E-state index in [4.69, 9.17) is 0 Å². The van der Waals surface area contributed by atoms with Crippen LogP contribution in [0.5, 0.6) is 0 Å². The maximum Gasteiger partial charge on any atom is 0.107 e. The van der Waals surface area contributed by atoms with Crippen molar-refractivity contribution >= 4 is 17.3 Å². The molecular weight excluding hydrogens is 144 g/mol. The second kappa shape index (κ2) is 2.42. The summed E-state index contributed by atoms with van der Waals surface area (Å²) in [4.78, 5) is 8.31. The minimum atomic E-state index is 0.788. The van der Waals surface area contributed by atoms with Crippen molar-refractivity contribution in [3.05, 3.63) is 23.9 Å². The molecule has 1 aliphatic heterocycles. The van der Waals surface area contributed by atoms with Crippen LogP contribution < -0.4 is 0 Å². The van der Waals surface area contributed by atoms with Crippen molar-refractivity contribution in [3.63, 3.8) is 0 Å². The van der Waals surface area contributed by atoms with Gasteiger partial charge < -0.3 is 0 Å². The molecule has 0 radical (unpaired) electrons. The van der Waals surface area contributed by atoms with Crippen LogP contribution in [0.4, 0.5) is 0 Å². The van der Waals surface area contributed by atoms with Gasteiger partial charge in [0.2, 0.25) is 0 Å². The van der Waals surface area contributed by atoms with Crippen LogP contribution in [0, 0.1) is 0 Å². The molecule has 50 valence electrons. The lowest BCUT2D eigenvalue weighted by atomic mass is 10.3. The molecule has 2 rings (SSSR count). The number of fused-ring (bicyclic) bond motifs is 1. The van der Waals surface area contributed by atoms with Gasteiger partial charge in [-0.3, -0.25) is 4.99 Å². The molecule has 2 heterocycles. The van der Waals surface area contributed by atoms with Crippen LogP contribution in [0.15, 0.2) is 28.3 Å². The molecule has 1 aliphatic rings. The fraction of sp³-hybridized carbons (Fsp3) is 0.143. The van der Waals surface area contributed by atoms with E-state index in [-0.39, 0.29) is 0 Å². The first-order valence-corrected chi connectivity index (χ1v) is 3.93. The Balaban J connectivity index is 2.47. The summed E-state index contributed by atoms with van der Waals surface area (Å²) in [5, 5.41) is 1.09. The first-order chi connectivity index (χ1) is 4.97. The van der Waals surface area contributed by atoms with Crippen LogP contribution in [0.25, 0.3) is 0 Å². The number of aliphatic imine (C=N–C) groups is 1. The molecule has 0 N–H and O–H groups in total. The number of rotatable bonds is 0. The molecule has 0 bridgehead atoms. The maximum atomic E-state index is 4.19. The number of thioether (sulfide) groups is 1. The fourth-order valence-corrected chi connectivity index (χ4v) is 1.53. The standard InChI is InChI=1S/C7H6N2S/c1-2-6-4-8-5-10-7(6)9-3-1/h1-3,5H,4H2. The third-order valence-electron chi connectivity index (χ3n) is 1.35. The largest absolute Gasteiger partial charge is 0.281 e. The van der Waals surface area contributed by atoms with E-state index in [9.17, 15) is 0 Å². The minimum absolute atomic E-state index is 0.788. The van der Waals surface area contributed by atoms with Gasteiger partial charge in [0.1, 0.15) is 5.03 Å². The van der Waals surface area contributed by atoms with Crippen molar-refractivity contribution in [1.29, 1.82) is 0 Å². The van der Waals surface area contributed by atoms with Gasteiger partial charge in [-0.2, -0.15) is 0 Å². The van der Waals surface area contributed by atoms with Crippen molar-refractivity contribution < 1.29 is 0 Å². The second-order valence-electron chi connectivity index (χ2n) is 2.03. The zero-order chi connectivity index (χ0) is 6.81. The molecule has 0 amide bonds. The van der Waals surface area contributed by atoms with Gasteiger partial charge in [0.25, 0.3) is 0 Å². The zero-order valence-electron chi connectivity index (χ0n) is 5.32. The molecule has 3 heteroatoms. The fourth-order valence-electron chi connectivity index (χ4n) is 0.873. The van der Waals surface area contributed by atoms with Crippen LogP contribution >= 0.6 is 11.8 Å². The maximum absolute atomic E-state index is 4.19. The second-order valence-corrected chi connectivity index (χ2v) is 2.86. The molecule has 0 spiro atoms. The Morgan fingerprint density at radius 1 is 1.50 bits per heavy atom. The molecule has 0 fully saturated rings. The Bertz CT molecular complexity index is 243. The zero-order valence-corrected chi connectivity index (χ0v) is 6.14. The molecule has 10 heavy (non-hydrogen) atoms. The third kappa shape index (κ3) is 0.926. The van der Waals surface area contributed by atoms with Gasteiger partial charge in [-0.15, -0.1) is 0 Å². The van der Waals surface area contributed by atoms with Crippen molar-refractivity contribution in [3.8, 4) is 0 Å². The highest BCUT2D eigenvalue weighted by atomic mass is 32.2. The lowest BCUT2D eigenvalue weighted by Crippen LogP contribution is -1.93. The predicted molar refractivity (Wildman–Crippen MR) is 42.3 cm³/mol. The van der Waals surface area contributed by atoms with E-state index in [1.807, 2.05) is 17.8 Å². The molecule has 0 unspecified atom stereocenters. The van der Waals surface area contributed by atoms with E-state index >= 15 is 0 Å². The molecule has 0 saturated heterocycles. The Morgan fingerprint density at radius 3 is 3.40 bits per heavy atom. The Labute approximate surface area is 63.4 Å². The van der Waals surface area contributed by atoms with Gasteiger partial charge in [-0.1, -0.05) is 17.8 Å². The van der Waals surface area contributed by atoms with Gasteiger partial charge in [-0.05, 0) is 6.07 Å². The Morgan fingerprint density at radius 2 is 2.50 bits per heavy atom. The summed E-state index contributed by atoms with van der Waals surface area (Å²) >= 11 is 1.59. The van der Waals surface area contributed by atoms with Gasteiger partial charge in [0.05, 0.1) is 12.1 Å². The topological polar surface area (TPSA) is 25.2 Å². The van der Waals surface area contributed by atoms with E-state index in [1.165, 1.54) is 5.56 Å². The third-order valence-corrected chi connectivity index (χ3v) is 2.20. The van der Waals surface area contributed by atoms with E-state index in [0.29, 0.717) is 0 Å². The lowest BCUT2D eigenvalue weighted by Gasteiger charge is -2.05. The van der Waals surface area contributed by atoms with E-state index in [2.05, 4.69) is 16.0 Å². The highest BCUT2D eigenvalue weighted by Crippen LogP contribution is 2.21. The summed E-state index contributed by atoms with van der Waals surface area (Å²) in [5.74, 6) is 0. The normalized spacial score (nSPS) is 14.8. The summed E-state index contributed by atoms with van der Waals surface area (Å²) in [5.41, 5.74) is 3.07. The molecule has 0 aromatic carbocycles. The van der Waals surface area contributed by atoms with Crippen LogP contribution in [0.2, 0.25) is 0 Å². The van der Waals surface area contributed by atoms with Crippen LogP contribution in [0.1, 0.15) is 5.56 Å². The summed E-state index contributed by atoms with van der Waals surface area (Å²) in [6.07, 6.45) is 1.81. The number of nitrogens with zero attached hydrogens (tertiary/aromatic N) is 2. The SMILES string of the molecule is C1=NCc2cccnc2S1. The average Bonchev–Trinajstić information content (AvgIpc) is 2.05. The smallest absolute Gasteiger partial charge is 0.107 e. The molecule has 0 aliphatic carbocycles. The number of hydrogen-bond acceptors (Lipinski definition) is 3. The monoisotopic (exact) mass is 150 g/mol. The number of hydrogen-bond donors (Lipinski definition) is 0. The molecular formula is C7H6N2S. The highest BCUT2D eigenvalue weighted by Gasteiger charge is 2.04. The summed E-state index contributed by atoms with van der Waals surface area (Å²) in [6.45, 7) is 0.788. The van der Waals surface area contributed by atoms with Crippen molar-refractivity contribution in [2.45, 2.75) is 11.6 Å². The molecule has 1 aromatic rings. The summed E-state index contributed by atoms with van der Waals surface area (Å²) < 4.78 is 0. The van der Waals surface area contributed by atoms with E-state index < -0.39 is 0 Å². The molecule has 0 atom stereocenters.